The second kappa shape index (κ2) is 4.35. The summed E-state index contributed by atoms with van der Waals surface area (Å²) in [5.74, 6) is 0. The Hall–Kier alpha value is -1.49. The molecule has 0 N–H and O–H groups in total. The van der Waals surface area contributed by atoms with E-state index in [4.69, 9.17) is 11.6 Å². The molecule has 0 atom stereocenters. The van der Waals surface area contributed by atoms with E-state index in [0.717, 1.165) is 24.4 Å². The molecule has 78 valence electrons. The van der Waals surface area contributed by atoms with E-state index in [-0.39, 0.29) is 0 Å². The van der Waals surface area contributed by atoms with E-state index in [0.29, 0.717) is 5.15 Å². The van der Waals surface area contributed by atoms with Gasteiger partial charge in [-0.1, -0.05) is 23.7 Å². The second-order valence-corrected chi connectivity index (χ2v) is 3.47. The van der Waals surface area contributed by atoms with E-state index >= 15 is 0 Å². The molecule has 5 nitrogen and oxygen atoms in total. The fourth-order valence-electron chi connectivity index (χ4n) is 1.29. The summed E-state index contributed by atoms with van der Waals surface area (Å²) in [6.07, 6.45) is 2.67. The molecule has 0 aliphatic rings. The minimum atomic E-state index is 0.383. The zero-order valence-electron chi connectivity index (χ0n) is 8.26. The number of halogens is 1. The fourth-order valence-corrected chi connectivity index (χ4v) is 1.39. The summed E-state index contributed by atoms with van der Waals surface area (Å²) in [6, 6.07) is 3.51. The van der Waals surface area contributed by atoms with Gasteiger partial charge in [0.05, 0.1) is 6.20 Å². The molecule has 0 aliphatic heterocycles. The quantitative estimate of drug-likeness (QED) is 0.796. The van der Waals surface area contributed by atoms with Gasteiger partial charge in [-0.15, -0.1) is 15.3 Å². The zero-order chi connectivity index (χ0) is 10.7. The molecule has 2 aromatic heterocycles. The monoisotopic (exact) mass is 223 g/mol. The van der Waals surface area contributed by atoms with Crippen molar-refractivity contribution in [3.63, 3.8) is 0 Å². The van der Waals surface area contributed by atoms with Gasteiger partial charge in [-0.05, 0) is 18.6 Å². The summed E-state index contributed by atoms with van der Waals surface area (Å²) >= 11 is 5.66. The van der Waals surface area contributed by atoms with Crippen molar-refractivity contribution in [1.82, 2.24) is 25.2 Å². The van der Waals surface area contributed by atoms with Gasteiger partial charge in [-0.25, -0.2) is 4.68 Å². The zero-order valence-corrected chi connectivity index (χ0v) is 9.02. The Kier molecular flexibility index (Phi) is 2.91. The van der Waals surface area contributed by atoms with Crippen LogP contribution in [0.2, 0.25) is 5.15 Å². The average molecular weight is 224 g/mol. The normalized spacial score (nSPS) is 10.5. The molecule has 0 unspecified atom stereocenters. The van der Waals surface area contributed by atoms with Gasteiger partial charge in [0.15, 0.2) is 5.15 Å². The molecule has 2 aromatic rings. The van der Waals surface area contributed by atoms with E-state index in [9.17, 15) is 0 Å². The second-order valence-electron chi connectivity index (χ2n) is 3.08. The minimum absolute atomic E-state index is 0.383. The average Bonchev–Trinajstić information content (AvgIpc) is 2.68. The van der Waals surface area contributed by atoms with Crippen LogP contribution in [0.3, 0.4) is 0 Å². The van der Waals surface area contributed by atoms with E-state index in [2.05, 4.69) is 27.4 Å². The number of hydrogen-bond donors (Lipinski definition) is 0. The molecule has 0 saturated carbocycles. The lowest BCUT2D eigenvalue weighted by atomic mass is 10.3. The highest BCUT2D eigenvalue weighted by Gasteiger charge is 2.07. The molecule has 6 heteroatoms. The molecule has 2 heterocycles. The third-order valence-electron chi connectivity index (χ3n) is 1.95. The Morgan fingerprint density at radius 2 is 2.20 bits per heavy atom. The van der Waals surface area contributed by atoms with Gasteiger partial charge in [0.2, 0.25) is 0 Å². The molecule has 2 rings (SSSR count). The summed E-state index contributed by atoms with van der Waals surface area (Å²) < 4.78 is 1.80. The highest BCUT2D eigenvalue weighted by atomic mass is 35.5. The third kappa shape index (κ3) is 2.12. The highest BCUT2D eigenvalue weighted by Crippen LogP contribution is 2.15. The van der Waals surface area contributed by atoms with Crippen LogP contribution < -0.4 is 0 Å². The van der Waals surface area contributed by atoms with Crippen molar-refractivity contribution >= 4 is 11.6 Å². The summed E-state index contributed by atoms with van der Waals surface area (Å²) in [4.78, 5) is 0. The smallest absolute Gasteiger partial charge is 0.151 e. The lowest BCUT2D eigenvalue weighted by molar-refractivity contribution is 0.583. The molecule has 15 heavy (non-hydrogen) atoms. The van der Waals surface area contributed by atoms with Crippen LogP contribution in [0.4, 0.5) is 0 Å². The Morgan fingerprint density at radius 1 is 1.33 bits per heavy atom. The first kappa shape index (κ1) is 10.0. The Balaban J connectivity index is 2.36. The molecule has 0 spiro atoms. The van der Waals surface area contributed by atoms with Gasteiger partial charge in [0.1, 0.15) is 11.4 Å². The third-order valence-corrected chi connectivity index (χ3v) is 2.15. The van der Waals surface area contributed by atoms with E-state index in [1.807, 2.05) is 0 Å². The van der Waals surface area contributed by atoms with Gasteiger partial charge in [-0.2, -0.15) is 0 Å². The van der Waals surface area contributed by atoms with E-state index < -0.39 is 0 Å². The van der Waals surface area contributed by atoms with Crippen molar-refractivity contribution in [2.75, 3.05) is 0 Å². The summed E-state index contributed by atoms with van der Waals surface area (Å²) in [5.41, 5.74) is 1.60. The molecule has 0 fully saturated rings. The summed E-state index contributed by atoms with van der Waals surface area (Å²) in [5, 5.41) is 16.0. The Labute approximate surface area is 92.1 Å². The van der Waals surface area contributed by atoms with Crippen molar-refractivity contribution < 1.29 is 0 Å². The molecule has 0 radical (unpaired) electrons. The van der Waals surface area contributed by atoms with Crippen molar-refractivity contribution in [3.05, 3.63) is 23.5 Å². The number of rotatable bonds is 3. The predicted octanol–water partition coefficient (Wildman–Crippen LogP) is 1.80. The van der Waals surface area contributed by atoms with Crippen molar-refractivity contribution in [1.29, 1.82) is 0 Å². The maximum atomic E-state index is 5.66. The molecule has 0 saturated heterocycles. The van der Waals surface area contributed by atoms with Gasteiger partial charge >= 0.3 is 0 Å². The maximum absolute atomic E-state index is 5.66. The van der Waals surface area contributed by atoms with Crippen LogP contribution in [0.25, 0.3) is 11.4 Å². The fraction of sp³-hybridized carbons (Fsp3) is 0.333. The van der Waals surface area contributed by atoms with Crippen LogP contribution in [0, 0.1) is 0 Å². The van der Waals surface area contributed by atoms with Crippen LogP contribution in [0.1, 0.15) is 13.3 Å². The molecular formula is C9H10ClN5. The summed E-state index contributed by atoms with van der Waals surface area (Å²) in [7, 11) is 0. The van der Waals surface area contributed by atoms with Gasteiger partial charge < -0.3 is 0 Å². The Bertz CT molecular complexity index is 436. The topological polar surface area (TPSA) is 56.5 Å². The van der Waals surface area contributed by atoms with Crippen molar-refractivity contribution in [2.45, 2.75) is 19.9 Å². The van der Waals surface area contributed by atoms with Crippen LogP contribution in [-0.2, 0) is 6.54 Å². The number of hydrogen-bond acceptors (Lipinski definition) is 4. The first-order valence-corrected chi connectivity index (χ1v) is 5.07. The SMILES string of the molecule is CCCn1nncc1-c1ccc(Cl)nn1. The highest BCUT2D eigenvalue weighted by molar-refractivity contribution is 6.29. The first-order valence-electron chi connectivity index (χ1n) is 4.69. The molecule has 0 amide bonds. The number of aryl methyl sites for hydroxylation is 1. The maximum Gasteiger partial charge on any atom is 0.151 e. The molecule has 0 aromatic carbocycles. The predicted molar refractivity (Wildman–Crippen MR) is 56.3 cm³/mol. The van der Waals surface area contributed by atoms with Crippen molar-refractivity contribution in [3.8, 4) is 11.4 Å². The number of nitrogens with zero attached hydrogens (tertiary/aromatic N) is 5. The Morgan fingerprint density at radius 3 is 2.87 bits per heavy atom. The molecular weight excluding hydrogens is 214 g/mol. The molecule has 0 bridgehead atoms. The number of aromatic nitrogens is 5. The van der Waals surface area contributed by atoms with Crippen molar-refractivity contribution in [2.24, 2.45) is 0 Å². The van der Waals surface area contributed by atoms with Crippen LogP contribution >= 0.6 is 11.6 Å². The van der Waals surface area contributed by atoms with Crippen LogP contribution in [0.15, 0.2) is 18.3 Å². The van der Waals surface area contributed by atoms with E-state index in [1.165, 1.54) is 0 Å². The van der Waals surface area contributed by atoms with Gasteiger partial charge in [0, 0.05) is 6.54 Å². The van der Waals surface area contributed by atoms with Crippen LogP contribution in [-0.4, -0.2) is 25.2 Å². The lowest BCUT2D eigenvalue weighted by Crippen LogP contribution is -2.02. The standard InChI is InChI=1S/C9H10ClN5/c1-2-5-15-8(6-11-14-15)7-3-4-9(10)13-12-7/h3-4,6H,2,5H2,1H3. The summed E-state index contributed by atoms with van der Waals surface area (Å²) in [6.45, 7) is 2.90. The largest absolute Gasteiger partial charge is 0.243 e. The lowest BCUT2D eigenvalue weighted by Gasteiger charge is -2.02. The first-order chi connectivity index (χ1) is 7.31. The van der Waals surface area contributed by atoms with Gasteiger partial charge in [-0.3, -0.25) is 0 Å². The van der Waals surface area contributed by atoms with E-state index in [1.54, 1.807) is 23.0 Å². The van der Waals surface area contributed by atoms with Crippen LogP contribution in [0.5, 0.6) is 0 Å². The molecule has 0 aliphatic carbocycles. The van der Waals surface area contributed by atoms with Gasteiger partial charge in [0.25, 0.3) is 0 Å². The minimum Gasteiger partial charge on any atom is -0.243 e.